The third kappa shape index (κ3) is 3.64. The zero-order valence-electron chi connectivity index (χ0n) is 15.2. The Hall–Kier alpha value is -2.62. The highest BCUT2D eigenvalue weighted by Crippen LogP contribution is 2.37. The summed E-state index contributed by atoms with van der Waals surface area (Å²) in [5.74, 6) is 0.819. The molecule has 0 radical (unpaired) electrons. The minimum absolute atomic E-state index is 0.458. The number of hydrogen-bond acceptors (Lipinski definition) is 3. The smallest absolute Gasteiger partial charge is 0.118 e. The number of hydrogen-bond donors (Lipinski definition) is 2. The summed E-state index contributed by atoms with van der Waals surface area (Å²) in [5.41, 5.74) is 2.77. The van der Waals surface area contributed by atoms with E-state index < -0.39 is 11.6 Å². The van der Waals surface area contributed by atoms with Crippen LogP contribution in [-0.4, -0.2) is 24.9 Å². The molecule has 1 atom stereocenters. The highest BCUT2D eigenvalue weighted by atomic mass is 16.5. The van der Waals surface area contributed by atoms with Crippen LogP contribution in [0.1, 0.15) is 23.6 Å². The standard InChI is InChI=1S/C23H25NO2/c1-18(25)17-24-23(19-9-5-3-6-10-19,20-11-7-4-8-12-20)21-13-15-22(26-2)16-14-21/h3-16,18,24-25H,17H2,1-2H3/t18-/m0/s1. The number of nitrogens with one attached hydrogen (secondary N) is 1. The fraction of sp³-hybridized carbons (Fsp3) is 0.217. The molecule has 3 aromatic carbocycles. The molecule has 26 heavy (non-hydrogen) atoms. The van der Waals surface area contributed by atoms with Gasteiger partial charge in [-0.3, -0.25) is 5.32 Å². The Morgan fingerprint density at radius 1 is 0.808 bits per heavy atom. The molecule has 0 unspecified atom stereocenters. The van der Waals surface area contributed by atoms with Crippen LogP contribution in [0.4, 0.5) is 0 Å². The van der Waals surface area contributed by atoms with Crippen LogP contribution in [-0.2, 0) is 5.54 Å². The van der Waals surface area contributed by atoms with Crippen molar-refractivity contribution in [1.29, 1.82) is 0 Å². The average Bonchev–Trinajstić information content (AvgIpc) is 2.70. The van der Waals surface area contributed by atoms with Crippen molar-refractivity contribution in [1.82, 2.24) is 5.32 Å². The summed E-state index contributed by atoms with van der Waals surface area (Å²) >= 11 is 0. The van der Waals surface area contributed by atoms with Gasteiger partial charge in [0.25, 0.3) is 0 Å². The van der Waals surface area contributed by atoms with Crippen LogP contribution in [0.15, 0.2) is 84.9 Å². The van der Waals surface area contributed by atoms with Gasteiger partial charge in [-0.2, -0.15) is 0 Å². The lowest BCUT2D eigenvalue weighted by atomic mass is 9.77. The third-order valence-corrected chi connectivity index (χ3v) is 4.60. The summed E-state index contributed by atoms with van der Waals surface area (Å²) in [6.07, 6.45) is -0.458. The summed E-state index contributed by atoms with van der Waals surface area (Å²) in [7, 11) is 1.67. The molecule has 0 saturated heterocycles. The van der Waals surface area contributed by atoms with E-state index in [1.165, 1.54) is 0 Å². The van der Waals surface area contributed by atoms with Crippen molar-refractivity contribution in [2.75, 3.05) is 13.7 Å². The van der Waals surface area contributed by atoms with Gasteiger partial charge >= 0.3 is 0 Å². The van der Waals surface area contributed by atoms with Crippen LogP contribution < -0.4 is 10.1 Å². The van der Waals surface area contributed by atoms with Gasteiger partial charge in [0.05, 0.1) is 18.8 Å². The van der Waals surface area contributed by atoms with Crippen LogP contribution in [0.2, 0.25) is 0 Å². The van der Waals surface area contributed by atoms with E-state index in [-0.39, 0.29) is 0 Å². The molecular formula is C23H25NO2. The maximum absolute atomic E-state index is 9.96. The summed E-state index contributed by atoms with van der Waals surface area (Å²) in [6.45, 7) is 2.26. The molecule has 0 amide bonds. The molecule has 0 spiro atoms. The molecule has 0 aliphatic rings. The van der Waals surface area contributed by atoms with Gasteiger partial charge in [-0.1, -0.05) is 72.8 Å². The molecule has 3 rings (SSSR count). The number of rotatable bonds is 7. The average molecular weight is 347 g/mol. The molecular weight excluding hydrogens is 322 g/mol. The van der Waals surface area contributed by atoms with Gasteiger partial charge in [0, 0.05) is 6.54 Å². The topological polar surface area (TPSA) is 41.5 Å². The molecule has 0 aliphatic heterocycles. The van der Waals surface area contributed by atoms with Crippen molar-refractivity contribution < 1.29 is 9.84 Å². The first-order valence-electron chi connectivity index (χ1n) is 8.85. The largest absolute Gasteiger partial charge is 0.497 e. The van der Waals surface area contributed by atoms with Crippen LogP contribution in [0.3, 0.4) is 0 Å². The zero-order chi connectivity index (χ0) is 18.4. The Bertz CT molecular complexity index is 759. The first-order chi connectivity index (χ1) is 12.7. The van der Waals surface area contributed by atoms with Crippen LogP contribution in [0.25, 0.3) is 0 Å². The predicted molar refractivity (Wildman–Crippen MR) is 105 cm³/mol. The molecule has 134 valence electrons. The van der Waals surface area contributed by atoms with Crippen LogP contribution >= 0.6 is 0 Å². The highest BCUT2D eigenvalue weighted by Gasteiger charge is 2.36. The third-order valence-electron chi connectivity index (χ3n) is 4.60. The summed E-state index contributed by atoms with van der Waals surface area (Å²) in [6, 6.07) is 28.8. The second kappa shape index (κ2) is 8.17. The molecule has 3 heteroatoms. The molecule has 0 bridgehead atoms. The van der Waals surface area contributed by atoms with Gasteiger partial charge in [-0.05, 0) is 35.7 Å². The van der Waals surface area contributed by atoms with Gasteiger partial charge in [-0.15, -0.1) is 0 Å². The molecule has 0 saturated carbocycles. The van der Waals surface area contributed by atoms with Crippen molar-refractivity contribution >= 4 is 0 Å². The van der Waals surface area contributed by atoms with Crippen molar-refractivity contribution in [3.63, 3.8) is 0 Å². The number of aliphatic hydroxyl groups is 1. The van der Waals surface area contributed by atoms with Gasteiger partial charge in [-0.25, -0.2) is 0 Å². The number of aliphatic hydroxyl groups excluding tert-OH is 1. The Labute approximate surface area is 155 Å². The van der Waals surface area contributed by atoms with Crippen molar-refractivity contribution in [2.24, 2.45) is 0 Å². The first kappa shape index (κ1) is 18.2. The lowest BCUT2D eigenvalue weighted by Crippen LogP contribution is -2.47. The Morgan fingerprint density at radius 3 is 1.69 bits per heavy atom. The lowest BCUT2D eigenvalue weighted by Gasteiger charge is -2.37. The van der Waals surface area contributed by atoms with E-state index in [1.807, 2.05) is 48.5 Å². The van der Waals surface area contributed by atoms with Gasteiger partial charge < -0.3 is 9.84 Å². The molecule has 0 aliphatic carbocycles. The quantitative estimate of drug-likeness (QED) is 0.636. The lowest BCUT2D eigenvalue weighted by molar-refractivity contribution is 0.182. The van der Waals surface area contributed by atoms with Crippen molar-refractivity contribution in [2.45, 2.75) is 18.6 Å². The molecule has 3 nitrogen and oxygen atoms in total. The maximum Gasteiger partial charge on any atom is 0.118 e. The van der Waals surface area contributed by atoms with E-state index >= 15 is 0 Å². The van der Waals surface area contributed by atoms with Crippen LogP contribution in [0.5, 0.6) is 5.75 Å². The molecule has 0 heterocycles. The van der Waals surface area contributed by atoms with E-state index in [2.05, 4.69) is 41.7 Å². The van der Waals surface area contributed by atoms with Crippen LogP contribution in [0, 0.1) is 0 Å². The minimum atomic E-state index is -0.564. The van der Waals surface area contributed by atoms with E-state index in [9.17, 15) is 5.11 Å². The maximum atomic E-state index is 9.96. The van der Waals surface area contributed by atoms with Crippen molar-refractivity contribution in [3.8, 4) is 5.75 Å². The van der Waals surface area contributed by atoms with Gasteiger partial charge in [0.15, 0.2) is 0 Å². The molecule has 0 fully saturated rings. The van der Waals surface area contributed by atoms with Gasteiger partial charge in [0.2, 0.25) is 0 Å². The monoisotopic (exact) mass is 347 g/mol. The van der Waals surface area contributed by atoms with Gasteiger partial charge in [0.1, 0.15) is 5.75 Å². The first-order valence-corrected chi connectivity index (χ1v) is 8.85. The SMILES string of the molecule is COc1ccc(C(NC[C@H](C)O)(c2ccccc2)c2ccccc2)cc1. The van der Waals surface area contributed by atoms with E-state index in [1.54, 1.807) is 14.0 Å². The Balaban J connectivity index is 2.23. The number of ether oxygens (including phenoxy) is 1. The highest BCUT2D eigenvalue weighted by molar-refractivity contribution is 5.50. The molecule has 3 aromatic rings. The van der Waals surface area contributed by atoms with E-state index in [4.69, 9.17) is 4.74 Å². The fourth-order valence-electron chi connectivity index (χ4n) is 3.32. The summed E-state index contributed by atoms with van der Waals surface area (Å²) in [5, 5.41) is 13.6. The number of methoxy groups -OCH3 is 1. The molecule has 2 N–H and O–H groups in total. The molecule has 0 aromatic heterocycles. The van der Waals surface area contributed by atoms with E-state index in [0.29, 0.717) is 6.54 Å². The minimum Gasteiger partial charge on any atom is -0.497 e. The van der Waals surface area contributed by atoms with E-state index in [0.717, 1.165) is 22.4 Å². The predicted octanol–water partition coefficient (Wildman–Crippen LogP) is 3.96. The second-order valence-corrected chi connectivity index (χ2v) is 6.44. The Kier molecular flexibility index (Phi) is 5.71. The second-order valence-electron chi connectivity index (χ2n) is 6.44. The zero-order valence-corrected chi connectivity index (χ0v) is 15.2. The Morgan fingerprint density at radius 2 is 1.27 bits per heavy atom. The normalized spacial score (nSPS) is 12.6. The fourth-order valence-corrected chi connectivity index (χ4v) is 3.32. The summed E-state index contributed by atoms with van der Waals surface area (Å²) < 4.78 is 5.33. The summed E-state index contributed by atoms with van der Waals surface area (Å²) in [4.78, 5) is 0. The number of benzene rings is 3. The van der Waals surface area contributed by atoms with Crippen molar-refractivity contribution in [3.05, 3.63) is 102 Å².